The first kappa shape index (κ1) is 14.8. The van der Waals surface area contributed by atoms with Gasteiger partial charge in [-0.3, -0.25) is 0 Å². The van der Waals surface area contributed by atoms with Crippen molar-refractivity contribution in [2.45, 2.75) is 27.2 Å². The van der Waals surface area contributed by atoms with E-state index in [-0.39, 0.29) is 5.56 Å². The van der Waals surface area contributed by atoms with E-state index >= 15 is 0 Å². The van der Waals surface area contributed by atoms with Crippen molar-refractivity contribution in [3.8, 4) is 0 Å². The Hall–Kier alpha value is -1.29. The van der Waals surface area contributed by atoms with Crippen LogP contribution in [0, 0.1) is 5.92 Å². The van der Waals surface area contributed by atoms with E-state index in [1.54, 1.807) is 0 Å². The molecule has 4 nitrogen and oxygen atoms in total. The fraction of sp³-hybridized carbons (Fsp3) is 0.538. The van der Waals surface area contributed by atoms with Gasteiger partial charge in [0.25, 0.3) is 0 Å². The van der Waals surface area contributed by atoms with Gasteiger partial charge in [0.15, 0.2) is 0 Å². The second-order valence-corrected chi connectivity index (χ2v) is 4.79. The number of carbonyl (C=O) groups is 1. The second kappa shape index (κ2) is 6.59. The molecule has 0 aliphatic rings. The van der Waals surface area contributed by atoms with Gasteiger partial charge in [0.05, 0.1) is 10.6 Å². The summed E-state index contributed by atoms with van der Waals surface area (Å²) in [5, 5.41) is 9.26. The standard InChI is InChI=1S/C13H19ClN2O2/c1-4-9(3)8-16(5-2)12-11(14)6-10(7-15-12)13(17)18/h6-7,9H,4-5,8H2,1-3H3,(H,17,18). The summed E-state index contributed by atoms with van der Waals surface area (Å²) in [5.41, 5.74) is 0.114. The van der Waals surface area contributed by atoms with Gasteiger partial charge < -0.3 is 10.0 Å². The Balaban J connectivity index is 2.96. The number of hydrogen-bond acceptors (Lipinski definition) is 3. The second-order valence-electron chi connectivity index (χ2n) is 4.39. The van der Waals surface area contributed by atoms with Crippen LogP contribution >= 0.6 is 11.6 Å². The molecule has 100 valence electrons. The van der Waals surface area contributed by atoms with Gasteiger partial charge in [-0.05, 0) is 18.9 Å². The van der Waals surface area contributed by atoms with Crippen LogP contribution in [0.5, 0.6) is 0 Å². The molecule has 0 saturated carbocycles. The molecule has 18 heavy (non-hydrogen) atoms. The lowest BCUT2D eigenvalue weighted by Gasteiger charge is -2.25. The van der Waals surface area contributed by atoms with Crippen molar-refractivity contribution < 1.29 is 9.90 Å². The third-order valence-electron chi connectivity index (χ3n) is 2.98. The quantitative estimate of drug-likeness (QED) is 0.862. The zero-order valence-electron chi connectivity index (χ0n) is 11.0. The number of hydrogen-bond donors (Lipinski definition) is 1. The molecule has 1 atom stereocenters. The number of carboxylic acids is 1. The largest absolute Gasteiger partial charge is 0.478 e. The predicted molar refractivity (Wildman–Crippen MR) is 73.5 cm³/mol. The summed E-state index contributed by atoms with van der Waals surface area (Å²) in [7, 11) is 0. The van der Waals surface area contributed by atoms with Crippen molar-refractivity contribution in [3.63, 3.8) is 0 Å². The maximum absolute atomic E-state index is 10.8. The van der Waals surface area contributed by atoms with Crippen LogP contribution in [-0.2, 0) is 0 Å². The van der Waals surface area contributed by atoms with Gasteiger partial charge in [-0.15, -0.1) is 0 Å². The fourth-order valence-electron chi connectivity index (χ4n) is 1.65. The maximum atomic E-state index is 10.8. The number of aromatic nitrogens is 1. The number of anilines is 1. The topological polar surface area (TPSA) is 53.4 Å². The highest BCUT2D eigenvalue weighted by molar-refractivity contribution is 6.33. The lowest BCUT2D eigenvalue weighted by Crippen LogP contribution is -2.29. The lowest BCUT2D eigenvalue weighted by molar-refractivity contribution is 0.0696. The Morgan fingerprint density at radius 3 is 2.67 bits per heavy atom. The van der Waals surface area contributed by atoms with Gasteiger partial charge >= 0.3 is 5.97 Å². The van der Waals surface area contributed by atoms with E-state index in [2.05, 4.69) is 23.7 Å². The van der Waals surface area contributed by atoms with Gasteiger partial charge in [0.1, 0.15) is 5.82 Å². The Labute approximate surface area is 113 Å². The van der Waals surface area contributed by atoms with Crippen LogP contribution in [0.1, 0.15) is 37.6 Å². The van der Waals surface area contributed by atoms with Crippen LogP contribution in [0.4, 0.5) is 5.82 Å². The molecule has 0 aromatic carbocycles. The Bertz CT molecular complexity index is 423. The zero-order valence-corrected chi connectivity index (χ0v) is 11.7. The van der Waals surface area contributed by atoms with Crippen molar-refractivity contribution in [2.75, 3.05) is 18.0 Å². The fourth-order valence-corrected chi connectivity index (χ4v) is 1.94. The van der Waals surface area contributed by atoms with Crippen molar-refractivity contribution in [1.82, 2.24) is 4.98 Å². The van der Waals surface area contributed by atoms with Crippen LogP contribution in [0.2, 0.25) is 5.02 Å². The predicted octanol–water partition coefficient (Wildman–Crippen LogP) is 3.31. The van der Waals surface area contributed by atoms with Crippen molar-refractivity contribution in [2.24, 2.45) is 5.92 Å². The summed E-state index contributed by atoms with van der Waals surface area (Å²) in [6, 6.07) is 1.45. The molecule has 1 rings (SSSR count). The van der Waals surface area contributed by atoms with Gasteiger partial charge in [-0.1, -0.05) is 31.9 Å². The van der Waals surface area contributed by atoms with Crippen molar-refractivity contribution in [1.29, 1.82) is 0 Å². The highest BCUT2D eigenvalue weighted by Crippen LogP contribution is 2.25. The average molecular weight is 271 g/mol. The van der Waals surface area contributed by atoms with E-state index in [4.69, 9.17) is 16.7 Å². The lowest BCUT2D eigenvalue weighted by atomic mass is 10.1. The van der Waals surface area contributed by atoms with Gasteiger partial charge in [0, 0.05) is 19.3 Å². The molecule has 0 spiro atoms. The third-order valence-corrected chi connectivity index (χ3v) is 3.26. The molecule has 0 fully saturated rings. The number of nitrogens with zero attached hydrogens (tertiary/aromatic N) is 2. The minimum Gasteiger partial charge on any atom is -0.478 e. The summed E-state index contributed by atoms with van der Waals surface area (Å²) >= 11 is 6.11. The van der Waals surface area contributed by atoms with E-state index < -0.39 is 5.97 Å². The molecule has 1 heterocycles. The van der Waals surface area contributed by atoms with Crippen LogP contribution in [0.3, 0.4) is 0 Å². The molecule has 5 heteroatoms. The number of halogens is 1. The summed E-state index contributed by atoms with van der Waals surface area (Å²) < 4.78 is 0. The molecule has 0 bridgehead atoms. The maximum Gasteiger partial charge on any atom is 0.337 e. The van der Waals surface area contributed by atoms with E-state index in [1.807, 2.05) is 6.92 Å². The normalized spacial score (nSPS) is 12.2. The van der Waals surface area contributed by atoms with Crippen LogP contribution in [0.25, 0.3) is 0 Å². The van der Waals surface area contributed by atoms with E-state index in [9.17, 15) is 4.79 Å². The van der Waals surface area contributed by atoms with E-state index in [0.717, 1.165) is 19.5 Å². The summed E-state index contributed by atoms with van der Waals surface area (Å²) in [5.74, 6) is 0.187. The van der Waals surface area contributed by atoms with E-state index in [1.165, 1.54) is 12.3 Å². The Morgan fingerprint density at radius 1 is 1.56 bits per heavy atom. The molecule has 1 unspecified atom stereocenters. The van der Waals surface area contributed by atoms with Crippen molar-refractivity contribution >= 4 is 23.4 Å². The highest BCUT2D eigenvalue weighted by Gasteiger charge is 2.15. The number of rotatable bonds is 6. The van der Waals surface area contributed by atoms with E-state index in [0.29, 0.717) is 16.8 Å². The molecule has 0 radical (unpaired) electrons. The minimum absolute atomic E-state index is 0.114. The summed E-state index contributed by atoms with van der Waals surface area (Å²) in [6.07, 6.45) is 2.43. The minimum atomic E-state index is -1.01. The first-order chi connectivity index (χ1) is 8.49. The molecule has 0 aliphatic heterocycles. The first-order valence-electron chi connectivity index (χ1n) is 6.13. The summed E-state index contributed by atoms with van der Waals surface area (Å²) in [6.45, 7) is 8.00. The summed E-state index contributed by atoms with van der Waals surface area (Å²) in [4.78, 5) is 17.1. The average Bonchev–Trinajstić information content (AvgIpc) is 2.35. The molecular weight excluding hydrogens is 252 g/mol. The van der Waals surface area contributed by atoms with Crippen LogP contribution in [-0.4, -0.2) is 29.1 Å². The van der Waals surface area contributed by atoms with Gasteiger partial charge in [-0.25, -0.2) is 9.78 Å². The van der Waals surface area contributed by atoms with Gasteiger partial charge in [-0.2, -0.15) is 0 Å². The Morgan fingerprint density at radius 2 is 2.22 bits per heavy atom. The highest BCUT2D eigenvalue weighted by atomic mass is 35.5. The van der Waals surface area contributed by atoms with Crippen molar-refractivity contribution in [3.05, 3.63) is 22.8 Å². The molecule has 1 aromatic heterocycles. The molecule has 1 N–H and O–H groups in total. The number of aromatic carboxylic acids is 1. The zero-order chi connectivity index (χ0) is 13.7. The monoisotopic (exact) mass is 270 g/mol. The molecule has 1 aromatic rings. The van der Waals surface area contributed by atoms with Crippen LogP contribution < -0.4 is 4.90 Å². The van der Waals surface area contributed by atoms with Gasteiger partial charge in [0.2, 0.25) is 0 Å². The SMILES string of the molecule is CCC(C)CN(CC)c1ncc(C(=O)O)cc1Cl. The molecular formula is C13H19ClN2O2. The Kier molecular flexibility index (Phi) is 5.41. The van der Waals surface area contributed by atoms with Crippen LogP contribution in [0.15, 0.2) is 12.3 Å². The first-order valence-corrected chi connectivity index (χ1v) is 6.51. The molecule has 0 saturated heterocycles. The number of carboxylic acid groups (broad SMARTS) is 1. The molecule has 0 aliphatic carbocycles. The smallest absolute Gasteiger partial charge is 0.337 e. The third kappa shape index (κ3) is 3.60. The number of pyridine rings is 1. The molecule has 0 amide bonds.